The molecule has 1 aliphatic heterocycles. The van der Waals surface area contributed by atoms with Crippen molar-refractivity contribution in [1.82, 2.24) is 0 Å². The molecule has 8 nitrogen and oxygen atoms in total. The monoisotopic (exact) mass is 414 g/mol. The summed E-state index contributed by atoms with van der Waals surface area (Å²) in [5.41, 5.74) is 3.79. The van der Waals surface area contributed by atoms with Crippen LogP contribution in [0.4, 0.5) is 22.7 Å². The molecule has 0 spiro atoms. The summed E-state index contributed by atoms with van der Waals surface area (Å²) >= 11 is 0. The smallest absolute Gasteiger partial charge is 0.270 e. The zero-order chi connectivity index (χ0) is 22.0. The maximum Gasteiger partial charge on any atom is 0.270 e. The molecule has 4 rings (SSSR count). The summed E-state index contributed by atoms with van der Waals surface area (Å²) in [5, 5.41) is 20.0. The van der Waals surface area contributed by atoms with Gasteiger partial charge in [0.1, 0.15) is 0 Å². The predicted octanol–water partition coefficient (Wildman–Crippen LogP) is 4.49. The van der Waals surface area contributed by atoms with Gasteiger partial charge in [-0.25, -0.2) is 0 Å². The number of hydrogen-bond acceptors (Lipinski definition) is 5. The number of nitro groups is 1. The van der Waals surface area contributed by atoms with Gasteiger partial charge in [-0.05, 0) is 35.9 Å². The first-order valence-electron chi connectivity index (χ1n) is 9.47. The van der Waals surface area contributed by atoms with E-state index in [0.717, 1.165) is 5.56 Å². The van der Waals surface area contributed by atoms with E-state index in [4.69, 9.17) is 0 Å². The summed E-state index contributed by atoms with van der Waals surface area (Å²) < 4.78 is 0. The van der Waals surface area contributed by atoms with E-state index >= 15 is 0 Å². The van der Waals surface area contributed by atoms with Crippen molar-refractivity contribution in [2.75, 3.05) is 16.0 Å². The molecule has 8 heteroatoms. The predicted molar refractivity (Wildman–Crippen MR) is 119 cm³/mol. The first-order chi connectivity index (χ1) is 14.9. The Kier molecular flexibility index (Phi) is 5.19. The number of benzene rings is 3. The third kappa shape index (κ3) is 4.13. The molecule has 1 aliphatic rings. The van der Waals surface area contributed by atoms with Gasteiger partial charge in [-0.15, -0.1) is 0 Å². The first kappa shape index (κ1) is 19.8. The Balaban J connectivity index is 1.82. The Morgan fingerprint density at radius 1 is 0.935 bits per heavy atom. The molecule has 154 valence electrons. The number of non-ortho nitro benzene ring substituents is 1. The van der Waals surface area contributed by atoms with Gasteiger partial charge in [0, 0.05) is 41.7 Å². The number of nitro benzene ring substituents is 1. The van der Waals surface area contributed by atoms with Crippen molar-refractivity contribution in [2.24, 2.45) is 0 Å². The van der Waals surface area contributed by atoms with Crippen LogP contribution in [0.1, 0.15) is 18.1 Å². The number of anilines is 3. The average Bonchev–Trinajstić information content (AvgIpc) is 3.08. The topological polar surface area (TPSA) is 113 Å². The van der Waals surface area contributed by atoms with Gasteiger partial charge in [-0.3, -0.25) is 19.7 Å². The molecule has 3 N–H and O–H groups in total. The zero-order valence-electron chi connectivity index (χ0n) is 16.5. The minimum absolute atomic E-state index is 0.0974. The summed E-state index contributed by atoms with van der Waals surface area (Å²) in [4.78, 5) is 34.9. The molecule has 0 aromatic heterocycles. The van der Waals surface area contributed by atoms with E-state index in [9.17, 15) is 19.7 Å². The molecule has 3 aromatic carbocycles. The minimum atomic E-state index is -0.489. The van der Waals surface area contributed by atoms with Gasteiger partial charge in [-0.2, -0.15) is 0 Å². The lowest BCUT2D eigenvalue weighted by Gasteiger charge is -2.15. The SMILES string of the molecule is CC(=O)Nc1ccc(NC(=C2C(=O)Nc3ccc([N+](=O)[O-])cc32)c2ccccc2)cc1. The first-order valence-corrected chi connectivity index (χ1v) is 9.47. The molecule has 31 heavy (non-hydrogen) atoms. The molecule has 1 heterocycles. The van der Waals surface area contributed by atoms with Crippen molar-refractivity contribution in [3.8, 4) is 0 Å². The Bertz CT molecular complexity index is 1220. The van der Waals surface area contributed by atoms with Crippen LogP contribution in [0.15, 0.2) is 72.8 Å². The molecule has 0 radical (unpaired) electrons. The molecule has 0 saturated heterocycles. The number of amides is 2. The summed E-state index contributed by atoms with van der Waals surface area (Å²) in [7, 11) is 0. The highest BCUT2D eigenvalue weighted by Crippen LogP contribution is 2.39. The fourth-order valence-electron chi connectivity index (χ4n) is 3.39. The van der Waals surface area contributed by atoms with Gasteiger partial charge >= 0.3 is 0 Å². The third-order valence-electron chi connectivity index (χ3n) is 4.75. The van der Waals surface area contributed by atoms with Crippen LogP contribution in [0.3, 0.4) is 0 Å². The van der Waals surface area contributed by atoms with Crippen LogP contribution in [-0.4, -0.2) is 16.7 Å². The number of hydrogen-bond donors (Lipinski definition) is 3. The van der Waals surface area contributed by atoms with Gasteiger partial charge in [0.25, 0.3) is 11.6 Å². The van der Waals surface area contributed by atoms with E-state index in [1.807, 2.05) is 30.3 Å². The van der Waals surface area contributed by atoms with Crippen molar-refractivity contribution >= 4 is 45.8 Å². The fraction of sp³-hybridized carbons (Fsp3) is 0.0435. The number of rotatable bonds is 5. The van der Waals surface area contributed by atoms with Crippen LogP contribution in [0.5, 0.6) is 0 Å². The van der Waals surface area contributed by atoms with E-state index in [1.165, 1.54) is 25.1 Å². The highest BCUT2D eigenvalue weighted by Gasteiger charge is 2.30. The van der Waals surface area contributed by atoms with Crippen molar-refractivity contribution < 1.29 is 14.5 Å². The second kappa shape index (κ2) is 8.11. The van der Waals surface area contributed by atoms with Crippen LogP contribution >= 0.6 is 0 Å². The molecular weight excluding hydrogens is 396 g/mol. The fourth-order valence-corrected chi connectivity index (χ4v) is 3.39. The van der Waals surface area contributed by atoms with Crippen LogP contribution in [-0.2, 0) is 9.59 Å². The van der Waals surface area contributed by atoms with Crippen LogP contribution in [0.2, 0.25) is 0 Å². The standard InChI is InChI=1S/C23H18N4O4/c1-14(28)24-16-7-9-17(10-8-16)25-22(15-5-3-2-4-6-15)21-19-13-18(27(30)31)11-12-20(19)26-23(21)29/h2-13,25H,1H3,(H,24,28)(H,26,29). The maximum atomic E-state index is 12.9. The normalized spacial score (nSPS) is 13.8. The second-order valence-electron chi connectivity index (χ2n) is 6.94. The summed E-state index contributed by atoms with van der Waals surface area (Å²) in [6.45, 7) is 1.43. The van der Waals surface area contributed by atoms with E-state index < -0.39 is 4.92 Å². The summed E-state index contributed by atoms with van der Waals surface area (Å²) in [5.74, 6) is -0.523. The lowest BCUT2D eigenvalue weighted by molar-refractivity contribution is -0.384. The number of carbonyl (C=O) groups excluding carboxylic acids is 2. The highest BCUT2D eigenvalue weighted by atomic mass is 16.6. The molecule has 3 aromatic rings. The number of fused-ring (bicyclic) bond motifs is 1. The van der Waals surface area contributed by atoms with Crippen molar-refractivity contribution in [3.05, 3.63) is 94.0 Å². The van der Waals surface area contributed by atoms with E-state index in [2.05, 4.69) is 16.0 Å². The van der Waals surface area contributed by atoms with E-state index in [1.54, 1.807) is 24.3 Å². The molecule has 0 saturated carbocycles. The number of nitrogens with zero attached hydrogens (tertiary/aromatic N) is 1. The van der Waals surface area contributed by atoms with Gasteiger partial charge in [0.15, 0.2) is 0 Å². The molecule has 0 bridgehead atoms. The molecule has 0 fully saturated rings. The zero-order valence-corrected chi connectivity index (χ0v) is 16.5. The van der Waals surface area contributed by atoms with Crippen molar-refractivity contribution in [1.29, 1.82) is 0 Å². The van der Waals surface area contributed by atoms with Crippen LogP contribution < -0.4 is 16.0 Å². The van der Waals surface area contributed by atoms with Gasteiger partial charge in [0.05, 0.1) is 16.2 Å². The van der Waals surface area contributed by atoms with Gasteiger partial charge < -0.3 is 16.0 Å². The van der Waals surface area contributed by atoms with Crippen molar-refractivity contribution in [3.63, 3.8) is 0 Å². The summed E-state index contributed by atoms with van der Waals surface area (Å²) in [6, 6.07) is 20.6. The number of nitrogens with one attached hydrogen (secondary N) is 3. The highest BCUT2D eigenvalue weighted by molar-refractivity contribution is 6.37. The van der Waals surface area contributed by atoms with Gasteiger partial charge in [-0.1, -0.05) is 30.3 Å². The average molecular weight is 414 g/mol. The maximum absolute atomic E-state index is 12.9. The molecule has 0 unspecified atom stereocenters. The quantitative estimate of drug-likeness (QED) is 0.323. The lowest BCUT2D eigenvalue weighted by Crippen LogP contribution is -2.10. The molecule has 2 amide bonds. The second-order valence-corrected chi connectivity index (χ2v) is 6.94. The Morgan fingerprint density at radius 3 is 2.19 bits per heavy atom. The Hall–Kier alpha value is -4.46. The van der Waals surface area contributed by atoms with E-state index in [-0.39, 0.29) is 17.5 Å². The van der Waals surface area contributed by atoms with Crippen LogP contribution in [0, 0.1) is 10.1 Å². The Morgan fingerprint density at radius 2 is 1.58 bits per heavy atom. The molecular formula is C23H18N4O4. The Labute approximate surface area is 177 Å². The lowest BCUT2D eigenvalue weighted by atomic mass is 9.99. The summed E-state index contributed by atoms with van der Waals surface area (Å²) in [6.07, 6.45) is 0. The van der Waals surface area contributed by atoms with Gasteiger partial charge in [0.2, 0.25) is 5.91 Å². The van der Waals surface area contributed by atoms with E-state index in [0.29, 0.717) is 33.9 Å². The van der Waals surface area contributed by atoms with Crippen molar-refractivity contribution in [2.45, 2.75) is 6.92 Å². The largest absolute Gasteiger partial charge is 0.354 e. The number of carbonyl (C=O) groups is 2. The minimum Gasteiger partial charge on any atom is -0.354 e. The molecule has 0 atom stereocenters. The molecule has 0 aliphatic carbocycles. The van der Waals surface area contributed by atoms with Crippen LogP contribution in [0.25, 0.3) is 11.3 Å². The third-order valence-corrected chi connectivity index (χ3v) is 4.75.